The largest absolute Gasteiger partial charge is 0.248 e. The topological polar surface area (TPSA) is 59.1 Å². The maximum absolute atomic E-state index is 12.4. The minimum absolute atomic E-state index is 0.212. The molecule has 0 radical (unpaired) electrons. The Morgan fingerprint density at radius 3 is 2.70 bits per heavy atom. The molecule has 0 aliphatic heterocycles. The number of hydrogen-bond acceptors (Lipinski definition) is 4. The standard InChI is InChI=1S/C14H12N2O2S2/c17-20(18,16-10-14-15-8-9-19-14)13-7-3-5-11-4-1-2-6-12(11)13/h1-9,16H,10H2. The molecular formula is C14H12N2O2S2. The van der Waals surface area contributed by atoms with Gasteiger partial charge in [0, 0.05) is 17.0 Å². The molecule has 1 aromatic heterocycles. The zero-order valence-electron chi connectivity index (χ0n) is 10.5. The van der Waals surface area contributed by atoms with Crippen LogP contribution in [0.2, 0.25) is 0 Å². The van der Waals surface area contributed by atoms with Crippen molar-refractivity contribution < 1.29 is 8.42 Å². The zero-order valence-corrected chi connectivity index (χ0v) is 12.1. The molecule has 0 saturated carbocycles. The fraction of sp³-hybridized carbons (Fsp3) is 0.0714. The number of sulfonamides is 1. The SMILES string of the molecule is O=S(=O)(NCc1nccs1)c1cccc2ccccc12. The molecule has 1 N–H and O–H groups in total. The molecular weight excluding hydrogens is 292 g/mol. The minimum atomic E-state index is -3.55. The third-order valence-corrected chi connectivity index (χ3v) is 5.18. The first-order valence-corrected chi connectivity index (χ1v) is 8.39. The molecule has 3 aromatic rings. The first-order chi connectivity index (χ1) is 9.67. The van der Waals surface area contributed by atoms with Crippen LogP contribution in [0.5, 0.6) is 0 Å². The fourth-order valence-electron chi connectivity index (χ4n) is 2.00. The summed E-state index contributed by atoms with van der Waals surface area (Å²) >= 11 is 1.42. The van der Waals surface area contributed by atoms with Crippen LogP contribution in [-0.4, -0.2) is 13.4 Å². The summed E-state index contributed by atoms with van der Waals surface area (Å²) in [6, 6.07) is 12.7. The van der Waals surface area contributed by atoms with Gasteiger partial charge >= 0.3 is 0 Å². The van der Waals surface area contributed by atoms with Gasteiger partial charge in [0.1, 0.15) is 5.01 Å². The van der Waals surface area contributed by atoms with Crippen molar-refractivity contribution in [3.63, 3.8) is 0 Å². The second-order valence-electron chi connectivity index (χ2n) is 4.23. The Morgan fingerprint density at radius 2 is 1.90 bits per heavy atom. The maximum atomic E-state index is 12.4. The van der Waals surface area contributed by atoms with E-state index in [1.54, 1.807) is 18.3 Å². The van der Waals surface area contributed by atoms with Crippen LogP contribution in [0, 0.1) is 0 Å². The van der Waals surface area contributed by atoms with E-state index in [9.17, 15) is 8.42 Å². The minimum Gasteiger partial charge on any atom is -0.248 e. The Labute approximate surface area is 121 Å². The normalized spacial score (nSPS) is 11.8. The fourth-order valence-corrected chi connectivity index (χ4v) is 3.87. The number of rotatable bonds is 4. The van der Waals surface area contributed by atoms with E-state index >= 15 is 0 Å². The van der Waals surface area contributed by atoms with Crippen LogP contribution in [0.25, 0.3) is 10.8 Å². The molecule has 20 heavy (non-hydrogen) atoms. The highest BCUT2D eigenvalue weighted by Gasteiger charge is 2.17. The average molecular weight is 304 g/mol. The molecule has 0 spiro atoms. The molecule has 4 nitrogen and oxygen atoms in total. The molecule has 6 heteroatoms. The third kappa shape index (κ3) is 2.58. The van der Waals surface area contributed by atoms with E-state index in [0.717, 1.165) is 15.8 Å². The average Bonchev–Trinajstić information content (AvgIpc) is 2.98. The van der Waals surface area contributed by atoms with E-state index in [1.165, 1.54) is 11.3 Å². The molecule has 0 atom stereocenters. The van der Waals surface area contributed by atoms with Gasteiger partial charge in [0.15, 0.2) is 0 Å². The van der Waals surface area contributed by atoms with Crippen LogP contribution in [0.3, 0.4) is 0 Å². The van der Waals surface area contributed by atoms with Crippen LogP contribution in [0.4, 0.5) is 0 Å². The number of nitrogens with one attached hydrogen (secondary N) is 1. The third-order valence-electron chi connectivity index (χ3n) is 2.94. The van der Waals surface area contributed by atoms with Crippen LogP contribution < -0.4 is 4.72 Å². The van der Waals surface area contributed by atoms with Gasteiger partial charge in [0.2, 0.25) is 10.0 Å². The number of aromatic nitrogens is 1. The van der Waals surface area contributed by atoms with E-state index in [-0.39, 0.29) is 6.54 Å². The number of hydrogen-bond donors (Lipinski definition) is 1. The molecule has 102 valence electrons. The lowest BCUT2D eigenvalue weighted by Crippen LogP contribution is -2.23. The van der Waals surface area contributed by atoms with E-state index in [0.29, 0.717) is 4.90 Å². The van der Waals surface area contributed by atoms with Crippen molar-refractivity contribution in [2.45, 2.75) is 11.4 Å². The Kier molecular flexibility index (Phi) is 3.52. The number of fused-ring (bicyclic) bond motifs is 1. The summed E-state index contributed by atoms with van der Waals surface area (Å²) in [5.74, 6) is 0. The predicted octanol–water partition coefficient (Wildman–Crippen LogP) is 2.77. The van der Waals surface area contributed by atoms with Crippen LogP contribution in [-0.2, 0) is 16.6 Å². The van der Waals surface area contributed by atoms with Crippen molar-refractivity contribution in [1.29, 1.82) is 0 Å². The summed E-state index contributed by atoms with van der Waals surface area (Å²) in [7, 11) is -3.55. The molecule has 0 bridgehead atoms. The zero-order chi connectivity index (χ0) is 14.0. The van der Waals surface area contributed by atoms with Gasteiger partial charge in [-0.2, -0.15) is 0 Å². The highest BCUT2D eigenvalue weighted by atomic mass is 32.2. The van der Waals surface area contributed by atoms with Gasteiger partial charge in [-0.25, -0.2) is 18.1 Å². The highest BCUT2D eigenvalue weighted by molar-refractivity contribution is 7.89. The summed E-state index contributed by atoms with van der Waals surface area (Å²) in [6.07, 6.45) is 1.66. The first kappa shape index (κ1) is 13.2. The lowest BCUT2D eigenvalue weighted by Gasteiger charge is -2.08. The lowest BCUT2D eigenvalue weighted by molar-refractivity contribution is 0.582. The molecule has 0 aliphatic rings. The van der Waals surface area contributed by atoms with E-state index in [2.05, 4.69) is 9.71 Å². The number of thiazole rings is 1. The Morgan fingerprint density at radius 1 is 1.10 bits per heavy atom. The van der Waals surface area contributed by atoms with Gasteiger partial charge in [-0.1, -0.05) is 36.4 Å². The Balaban J connectivity index is 1.97. The van der Waals surface area contributed by atoms with Crippen molar-refractivity contribution in [3.8, 4) is 0 Å². The van der Waals surface area contributed by atoms with Crippen LogP contribution in [0.15, 0.2) is 58.9 Å². The van der Waals surface area contributed by atoms with Gasteiger partial charge in [-0.3, -0.25) is 0 Å². The molecule has 0 saturated heterocycles. The Hall–Kier alpha value is -1.76. The van der Waals surface area contributed by atoms with Crippen molar-refractivity contribution >= 4 is 32.1 Å². The summed E-state index contributed by atoms with van der Waals surface area (Å²) in [5.41, 5.74) is 0. The van der Waals surface area contributed by atoms with E-state index in [1.807, 2.05) is 35.7 Å². The maximum Gasteiger partial charge on any atom is 0.241 e. The highest BCUT2D eigenvalue weighted by Crippen LogP contribution is 2.22. The van der Waals surface area contributed by atoms with Gasteiger partial charge in [0.05, 0.1) is 11.4 Å². The summed E-state index contributed by atoms with van der Waals surface area (Å²) < 4.78 is 27.4. The van der Waals surface area contributed by atoms with E-state index < -0.39 is 10.0 Å². The van der Waals surface area contributed by atoms with Gasteiger partial charge in [-0.05, 0) is 11.5 Å². The smallest absolute Gasteiger partial charge is 0.241 e. The molecule has 0 aliphatic carbocycles. The van der Waals surface area contributed by atoms with Gasteiger partial charge < -0.3 is 0 Å². The number of nitrogens with zero attached hydrogens (tertiary/aromatic N) is 1. The summed E-state index contributed by atoms with van der Waals surface area (Å²) in [5, 5.41) is 4.20. The van der Waals surface area contributed by atoms with Crippen LogP contribution in [0.1, 0.15) is 5.01 Å². The summed E-state index contributed by atoms with van der Waals surface area (Å²) in [6.45, 7) is 0.212. The molecule has 0 fully saturated rings. The molecule has 0 unspecified atom stereocenters. The molecule has 0 amide bonds. The van der Waals surface area contributed by atoms with Crippen molar-refractivity contribution in [2.75, 3.05) is 0 Å². The summed E-state index contributed by atoms with van der Waals surface area (Å²) in [4.78, 5) is 4.37. The molecule has 2 aromatic carbocycles. The Bertz CT molecular complexity index is 822. The van der Waals surface area contributed by atoms with Crippen LogP contribution >= 0.6 is 11.3 Å². The van der Waals surface area contributed by atoms with Gasteiger partial charge in [-0.15, -0.1) is 11.3 Å². The second kappa shape index (κ2) is 5.32. The monoisotopic (exact) mass is 304 g/mol. The lowest BCUT2D eigenvalue weighted by atomic mass is 10.1. The second-order valence-corrected chi connectivity index (χ2v) is 6.94. The van der Waals surface area contributed by atoms with Crippen molar-refractivity contribution in [1.82, 2.24) is 9.71 Å². The van der Waals surface area contributed by atoms with Crippen molar-refractivity contribution in [2.24, 2.45) is 0 Å². The molecule has 1 heterocycles. The van der Waals surface area contributed by atoms with Crippen molar-refractivity contribution in [3.05, 3.63) is 59.0 Å². The predicted molar refractivity (Wildman–Crippen MR) is 80.1 cm³/mol. The molecule has 3 rings (SSSR count). The number of benzene rings is 2. The van der Waals surface area contributed by atoms with E-state index in [4.69, 9.17) is 0 Å². The first-order valence-electron chi connectivity index (χ1n) is 6.03. The quantitative estimate of drug-likeness (QED) is 0.806. The van der Waals surface area contributed by atoms with Gasteiger partial charge in [0.25, 0.3) is 0 Å².